The number of rotatable bonds is 29. The van der Waals surface area contributed by atoms with E-state index in [-0.39, 0.29) is 67.1 Å². The largest absolute Gasteiger partial charge is 0.481 e. The van der Waals surface area contributed by atoms with Gasteiger partial charge in [0.25, 0.3) is 0 Å². The van der Waals surface area contributed by atoms with Crippen molar-refractivity contribution in [1.29, 1.82) is 0 Å². The Morgan fingerprint density at radius 2 is 0.786 bits per heavy atom. The number of Topliss-reactive ketones (excluding diaryl/α,β-unsaturated/α-hetero) is 1. The normalized spacial score (nSPS) is 14.0. The minimum atomic E-state index is -3.66. The number of hydrogen-bond acceptors (Lipinski definition) is 20. The van der Waals surface area contributed by atoms with Crippen LogP contribution in [-0.4, -0.2) is 179 Å². The van der Waals surface area contributed by atoms with Crippen LogP contribution in [0.15, 0.2) is 85.0 Å². The Bertz CT molecular complexity index is 4170. The SMILES string of the molecule is CC(=O)C[C@H](O)C[C@H](O)/C=C/c1c(-c2ccc(F)cc2)nc(N(C)S(C)(=O)=O)nc1C(C)C.CC[C@H](O)C[C@H](O)/C=C/c1c(-c2ccc(F)cc2)nc(N(C)S(C)(=O)=O)nc1C(C)C.Cc1cc(F)ccc1-c1nc(N(C)S(C)(=O)=O)nc(C(C)C)c1/C=C/[C@@H](O)C[C@@H](O)CC(=O)O. The zero-order chi connectivity index (χ0) is 74.1. The van der Waals surface area contributed by atoms with E-state index in [1.807, 2.05) is 48.5 Å². The molecule has 0 fully saturated rings. The summed E-state index contributed by atoms with van der Waals surface area (Å²) in [7, 11) is -6.84. The maximum absolute atomic E-state index is 13.8. The molecule has 0 amide bonds. The summed E-state index contributed by atoms with van der Waals surface area (Å²) in [6.07, 6.45) is 6.36. The molecule has 0 aliphatic heterocycles. The number of sulfonamides is 3. The molecule has 0 saturated heterocycles. The molecule has 0 saturated carbocycles. The van der Waals surface area contributed by atoms with E-state index in [0.717, 1.165) is 31.7 Å². The number of halogens is 3. The molecular weight excluding hydrogens is 1340 g/mol. The number of nitrogens with zero attached hydrogens (tertiary/aromatic N) is 9. The summed E-state index contributed by atoms with van der Waals surface area (Å²) in [6, 6.07) is 15.4. The van der Waals surface area contributed by atoms with E-state index >= 15 is 0 Å². The summed E-state index contributed by atoms with van der Waals surface area (Å²) in [6.45, 7) is 16.2. The molecule has 6 rings (SSSR count). The molecule has 0 bridgehead atoms. The van der Waals surface area contributed by atoms with Gasteiger partial charge in [0.15, 0.2) is 0 Å². The number of anilines is 3. The van der Waals surface area contributed by atoms with Crippen LogP contribution in [0.4, 0.5) is 31.0 Å². The molecule has 536 valence electrons. The smallest absolute Gasteiger partial charge is 0.305 e. The van der Waals surface area contributed by atoms with Crippen LogP contribution in [0.3, 0.4) is 0 Å². The monoisotopic (exact) mass is 1430 g/mol. The van der Waals surface area contributed by atoms with Gasteiger partial charge in [-0.2, -0.15) is 0 Å². The van der Waals surface area contributed by atoms with Gasteiger partial charge in [-0.05, 0) is 110 Å². The lowest BCUT2D eigenvalue weighted by molar-refractivity contribution is -0.139. The Hall–Kier alpha value is -7.94. The Morgan fingerprint density at radius 1 is 0.480 bits per heavy atom. The fraction of sp³-hybridized carbons (Fsp3) is 0.441. The highest BCUT2D eigenvalue weighted by Gasteiger charge is 2.27. The number of carbonyl (C=O) groups is 2. The van der Waals surface area contributed by atoms with Gasteiger partial charge < -0.3 is 35.7 Å². The van der Waals surface area contributed by atoms with E-state index in [1.54, 1.807) is 43.4 Å². The van der Waals surface area contributed by atoms with Crippen LogP contribution in [0.5, 0.6) is 0 Å². The van der Waals surface area contributed by atoms with Crippen molar-refractivity contribution in [2.45, 2.75) is 155 Å². The maximum atomic E-state index is 13.8. The van der Waals surface area contributed by atoms with E-state index in [1.165, 1.54) is 94.8 Å². The molecule has 6 atom stereocenters. The van der Waals surface area contributed by atoms with Gasteiger partial charge >= 0.3 is 5.97 Å². The minimum Gasteiger partial charge on any atom is -0.481 e. The zero-order valence-electron chi connectivity index (χ0n) is 57.5. The third-order valence-corrected chi connectivity index (χ3v) is 18.4. The summed E-state index contributed by atoms with van der Waals surface area (Å²) >= 11 is 0. The van der Waals surface area contributed by atoms with Crippen molar-refractivity contribution in [3.8, 4) is 33.8 Å². The first-order chi connectivity index (χ1) is 45.4. The van der Waals surface area contributed by atoms with E-state index in [0.29, 0.717) is 79.5 Å². The van der Waals surface area contributed by atoms with Crippen LogP contribution >= 0.6 is 0 Å². The molecule has 7 N–H and O–H groups in total. The van der Waals surface area contributed by atoms with Crippen molar-refractivity contribution < 1.29 is 83.8 Å². The number of hydrogen-bond donors (Lipinski definition) is 7. The van der Waals surface area contributed by atoms with Crippen molar-refractivity contribution in [2.24, 2.45) is 0 Å². The molecule has 30 heteroatoms. The molecule has 0 aliphatic rings. The Morgan fingerprint density at radius 3 is 1.08 bits per heavy atom. The number of ketones is 1. The summed E-state index contributed by atoms with van der Waals surface area (Å²) in [5.41, 5.74) is 6.58. The highest BCUT2D eigenvalue weighted by molar-refractivity contribution is 7.92. The van der Waals surface area contributed by atoms with Crippen molar-refractivity contribution in [1.82, 2.24) is 29.9 Å². The summed E-state index contributed by atoms with van der Waals surface area (Å²) < 4.78 is 116. The van der Waals surface area contributed by atoms with Gasteiger partial charge in [-0.15, -0.1) is 0 Å². The van der Waals surface area contributed by atoms with E-state index < -0.39 is 96.5 Å². The Balaban J connectivity index is 0.000000313. The number of aromatic nitrogens is 6. The molecule has 0 spiro atoms. The van der Waals surface area contributed by atoms with Crippen LogP contribution in [0, 0.1) is 24.4 Å². The third kappa shape index (κ3) is 24.8. The molecule has 6 aromatic rings. The van der Waals surface area contributed by atoms with Crippen LogP contribution in [-0.2, 0) is 39.7 Å². The lowest BCUT2D eigenvalue weighted by Gasteiger charge is -2.21. The average Bonchev–Trinajstić information content (AvgIpc) is 0.793. The second kappa shape index (κ2) is 36.2. The van der Waals surface area contributed by atoms with Crippen LogP contribution in [0.25, 0.3) is 52.0 Å². The van der Waals surface area contributed by atoms with E-state index in [9.17, 15) is 78.7 Å². The van der Waals surface area contributed by atoms with Crippen molar-refractivity contribution in [2.75, 3.05) is 52.8 Å². The van der Waals surface area contributed by atoms with Gasteiger partial charge in [0.2, 0.25) is 47.9 Å². The first-order valence-corrected chi connectivity index (χ1v) is 36.7. The molecule has 0 unspecified atom stereocenters. The first kappa shape index (κ1) is 82.5. The summed E-state index contributed by atoms with van der Waals surface area (Å²) in [4.78, 5) is 48.7. The van der Waals surface area contributed by atoms with E-state index in [4.69, 9.17) is 5.11 Å². The van der Waals surface area contributed by atoms with Crippen LogP contribution in [0.1, 0.15) is 151 Å². The van der Waals surface area contributed by atoms with Crippen LogP contribution < -0.4 is 12.9 Å². The topological polar surface area (TPSA) is 365 Å². The van der Waals surface area contributed by atoms with Gasteiger partial charge in [-0.25, -0.2) is 81.2 Å². The molecule has 24 nitrogen and oxygen atoms in total. The number of aryl methyl sites for hydroxylation is 1. The van der Waals surface area contributed by atoms with Crippen molar-refractivity contribution in [3.05, 3.63) is 142 Å². The second-order valence-electron chi connectivity index (χ2n) is 24.5. The Labute approximate surface area is 572 Å². The minimum absolute atomic E-state index is 0.00429. The number of benzene rings is 3. The lowest BCUT2D eigenvalue weighted by Crippen LogP contribution is -2.27. The maximum Gasteiger partial charge on any atom is 0.305 e. The zero-order valence-corrected chi connectivity index (χ0v) is 60.0. The average molecular weight is 1430 g/mol. The van der Waals surface area contributed by atoms with Crippen LogP contribution in [0.2, 0.25) is 0 Å². The first-order valence-electron chi connectivity index (χ1n) is 31.1. The van der Waals surface area contributed by atoms with Gasteiger partial charge in [0.1, 0.15) is 23.2 Å². The standard InChI is InChI=1S/C23H30FN3O6S.C23H30FN3O5S.C22H30FN3O4S/c1-13(2)21-19(9-7-16(28)11-17(29)12-20(30)31)22(18-8-6-15(24)10-14(18)3)26-23(25-21)27(4)34(5,32)33;1-14(2)21-20(11-10-18(29)13-19(30)12-15(3)28)22(16-6-8-17(24)9-7-16)26-23(25-21)27(4)33(5,31)32;1-6-17(27)13-18(28)11-12-19-20(14(2)3)24-22(26(4)31(5,29)30)25-21(19)15-7-9-16(23)10-8-15/h6-10,13,16-17,28-29H,11-12H2,1-5H3,(H,30,31);6-11,14,18-19,29-30H,12-13H2,1-5H3;7-12,14,17-18,27-28H,6,13H2,1-5H3/b9-7+;11-10+;12-11+/t16-,17-;18-,19+;17-,18+/m110/s1. The third-order valence-electron chi connectivity index (χ3n) is 14.9. The predicted octanol–water partition coefficient (Wildman–Crippen LogP) is 8.95. The quantitative estimate of drug-likeness (QED) is 0.0230. The number of aliphatic hydroxyl groups is 6. The highest BCUT2D eigenvalue weighted by Crippen LogP contribution is 2.36. The lowest BCUT2D eigenvalue weighted by atomic mass is 9.95. The fourth-order valence-corrected chi connectivity index (χ4v) is 10.6. The number of carboxylic acid groups (broad SMARTS) is 1. The number of aliphatic hydroxyl groups excluding tert-OH is 6. The van der Waals surface area contributed by atoms with E-state index in [2.05, 4.69) is 29.9 Å². The Kier molecular flexibility index (Phi) is 30.5. The second-order valence-corrected chi connectivity index (χ2v) is 30.5. The van der Waals surface area contributed by atoms with Gasteiger partial charge in [-0.3, -0.25) is 9.59 Å². The fourth-order valence-electron chi connectivity index (χ4n) is 9.42. The van der Waals surface area contributed by atoms with Crippen molar-refractivity contribution in [3.63, 3.8) is 0 Å². The molecule has 0 radical (unpaired) electrons. The van der Waals surface area contributed by atoms with Gasteiger partial charge in [0.05, 0.1) is 96.0 Å². The number of carbonyl (C=O) groups excluding carboxylic acids is 1. The highest BCUT2D eigenvalue weighted by atomic mass is 32.2. The molecule has 98 heavy (non-hydrogen) atoms. The molecule has 3 aromatic carbocycles. The number of aliphatic carboxylic acids is 1. The summed E-state index contributed by atoms with van der Waals surface area (Å²) in [5, 5.41) is 69.2. The summed E-state index contributed by atoms with van der Waals surface area (Å²) in [5.74, 6) is -3.13. The molecule has 0 aliphatic carbocycles. The predicted molar refractivity (Wildman–Crippen MR) is 374 cm³/mol. The van der Waals surface area contributed by atoms with Gasteiger partial charge in [-0.1, -0.05) is 84.9 Å². The molecule has 3 heterocycles. The van der Waals surface area contributed by atoms with Crippen molar-refractivity contribution >= 4 is 77.9 Å². The van der Waals surface area contributed by atoms with Gasteiger partial charge in [0, 0.05) is 80.2 Å². The number of carboxylic acids is 1. The molecule has 3 aromatic heterocycles. The molecular formula is C68H90F3N9O15S3.